The molecule has 0 saturated heterocycles. The van der Waals surface area contributed by atoms with Crippen LogP contribution in [0.5, 0.6) is 5.75 Å². The highest BCUT2D eigenvalue weighted by Crippen LogP contribution is 2.61. The van der Waals surface area contributed by atoms with E-state index in [4.69, 9.17) is 26.4 Å². The van der Waals surface area contributed by atoms with Gasteiger partial charge in [-0.2, -0.15) is 5.10 Å². The molecule has 3 N–H and O–H groups in total. The Kier molecular flexibility index (Phi) is 7.98. The zero-order valence-electron chi connectivity index (χ0n) is 15.0. The van der Waals surface area contributed by atoms with Crippen molar-refractivity contribution in [2.24, 2.45) is 10.8 Å². The lowest BCUT2D eigenvalue weighted by Crippen LogP contribution is -2.24. The zero-order chi connectivity index (χ0) is 19.9. The molecule has 0 aromatic heterocycles. The van der Waals surface area contributed by atoms with Crippen LogP contribution in [0.25, 0.3) is 10.8 Å². The fourth-order valence-electron chi connectivity index (χ4n) is 2.27. The van der Waals surface area contributed by atoms with Crippen LogP contribution in [0.4, 0.5) is 4.79 Å². The Morgan fingerprint density at radius 3 is 2.70 bits per heavy atom. The molecule has 10 heteroatoms. The van der Waals surface area contributed by atoms with Crippen molar-refractivity contribution in [2.45, 2.75) is 20.3 Å². The number of urea groups is 1. The fraction of sp³-hybridized carbons (Fsp3) is 0.294. The van der Waals surface area contributed by atoms with E-state index in [-0.39, 0.29) is 12.4 Å². The largest absolute Gasteiger partial charge is 0.440 e. The van der Waals surface area contributed by atoms with E-state index in [1.807, 2.05) is 31.2 Å². The molecule has 0 bridgehead atoms. The van der Waals surface area contributed by atoms with Crippen LogP contribution in [-0.2, 0) is 9.09 Å². The van der Waals surface area contributed by atoms with Crippen molar-refractivity contribution in [3.63, 3.8) is 0 Å². The van der Waals surface area contributed by atoms with Gasteiger partial charge in [0.1, 0.15) is 5.75 Å². The number of nitrogens with zero attached hydrogens (tertiary/aromatic N) is 1. The summed E-state index contributed by atoms with van der Waals surface area (Å²) < 4.78 is 24.3. The van der Waals surface area contributed by atoms with Crippen molar-refractivity contribution in [3.05, 3.63) is 40.9 Å². The molecule has 0 saturated carbocycles. The van der Waals surface area contributed by atoms with Crippen LogP contribution in [0.2, 0.25) is 5.02 Å². The van der Waals surface area contributed by atoms with E-state index < -0.39 is 12.8 Å². The molecule has 1 unspecified atom stereocenters. The molecule has 0 spiro atoms. The lowest BCUT2D eigenvalue weighted by atomic mass is 10.0. The molecule has 1 atom stereocenters. The smallest absolute Gasteiger partial charge is 0.416 e. The van der Waals surface area contributed by atoms with Gasteiger partial charge < -0.3 is 10.3 Å². The molecule has 0 aliphatic heterocycles. The molecule has 146 valence electrons. The second kappa shape index (κ2) is 9.99. The van der Waals surface area contributed by atoms with Crippen LogP contribution in [0, 0.1) is 0 Å². The maximum absolute atomic E-state index is 13.1. The minimum Gasteiger partial charge on any atom is -0.416 e. The Balaban J connectivity index is 2.54. The Bertz CT molecular complexity index is 894. The maximum atomic E-state index is 13.1. The van der Waals surface area contributed by atoms with Gasteiger partial charge in [-0.1, -0.05) is 42.8 Å². The minimum absolute atomic E-state index is 0.238. The first kappa shape index (κ1) is 21.6. The van der Waals surface area contributed by atoms with E-state index in [9.17, 15) is 9.36 Å². The number of hydrazone groups is 1. The number of nitrogens with two attached hydrogens (primary N) is 1. The van der Waals surface area contributed by atoms with Crippen LogP contribution in [0.15, 0.2) is 35.4 Å². The number of primary amides is 1. The predicted octanol–water partition coefficient (Wildman–Crippen LogP) is 5.16. The number of amides is 2. The molecule has 0 heterocycles. The van der Waals surface area contributed by atoms with Gasteiger partial charge in [-0.3, -0.25) is 4.52 Å². The van der Waals surface area contributed by atoms with Gasteiger partial charge in [-0.25, -0.2) is 14.8 Å². The highest BCUT2D eigenvalue weighted by Gasteiger charge is 2.28. The lowest BCUT2D eigenvalue weighted by Gasteiger charge is -2.20. The second-order valence-corrected chi connectivity index (χ2v) is 9.86. The maximum Gasteiger partial charge on any atom is 0.440 e. The average Bonchev–Trinajstić information content (AvgIpc) is 2.62. The van der Waals surface area contributed by atoms with Gasteiger partial charge in [0.2, 0.25) is 0 Å². The SMILES string of the molecule is CCCSP(=O)(OCC)Oc1cc(Cl)c2ccccc2c1C=NNC(N)=O. The molecule has 0 aliphatic rings. The van der Waals surface area contributed by atoms with Crippen molar-refractivity contribution in [1.82, 2.24) is 5.43 Å². The van der Waals surface area contributed by atoms with Gasteiger partial charge >= 0.3 is 12.8 Å². The van der Waals surface area contributed by atoms with Crippen LogP contribution < -0.4 is 15.7 Å². The number of hydrogen-bond acceptors (Lipinski definition) is 6. The molecule has 2 rings (SSSR count). The quantitative estimate of drug-likeness (QED) is 0.325. The Labute approximate surface area is 166 Å². The van der Waals surface area contributed by atoms with Gasteiger partial charge in [-0.05, 0) is 30.1 Å². The van der Waals surface area contributed by atoms with E-state index >= 15 is 0 Å². The third-order valence-corrected chi connectivity index (χ3v) is 7.57. The van der Waals surface area contributed by atoms with Gasteiger partial charge in [0.05, 0.1) is 17.8 Å². The first-order valence-electron chi connectivity index (χ1n) is 8.28. The Morgan fingerprint density at radius 2 is 2.07 bits per heavy atom. The number of benzene rings is 2. The number of carbonyl (C=O) groups excluding carboxylic acids is 1. The number of hydrogen-bond donors (Lipinski definition) is 2. The Morgan fingerprint density at radius 1 is 1.37 bits per heavy atom. The average molecular weight is 430 g/mol. The monoisotopic (exact) mass is 429 g/mol. The summed E-state index contributed by atoms with van der Waals surface area (Å²) in [5.74, 6) is 0.861. The fourth-order valence-corrected chi connectivity index (χ4v) is 5.99. The topological polar surface area (TPSA) is 103 Å². The third-order valence-electron chi connectivity index (χ3n) is 3.32. The minimum atomic E-state index is -3.45. The van der Waals surface area contributed by atoms with Crippen molar-refractivity contribution < 1.29 is 18.4 Å². The highest BCUT2D eigenvalue weighted by atomic mass is 35.5. The van der Waals surface area contributed by atoms with Crippen LogP contribution in [0.3, 0.4) is 0 Å². The highest BCUT2D eigenvalue weighted by molar-refractivity contribution is 8.55. The van der Waals surface area contributed by atoms with E-state index in [0.717, 1.165) is 28.6 Å². The van der Waals surface area contributed by atoms with Crippen LogP contribution >= 0.6 is 29.8 Å². The molecule has 0 fully saturated rings. The third kappa shape index (κ3) is 5.87. The summed E-state index contributed by atoms with van der Waals surface area (Å²) in [6, 6.07) is 8.10. The van der Waals surface area contributed by atoms with Crippen LogP contribution in [0.1, 0.15) is 25.8 Å². The van der Waals surface area contributed by atoms with E-state index in [0.29, 0.717) is 16.3 Å². The summed E-state index contributed by atoms with van der Waals surface area (Å²) in [5, 5.41) is 5.73. The number of carbonyl (C=O) groups is 1. The van der Waals surface area contributed by atoms with Gasteiger partial charge in [0, 0.05) is 22.8 Å². The number of nitrogens with one attached hydrogen (secondary N) is 1. The normalized spacial score (nSPS) is 13.6. The number of fused-ring (bicyclic) bond motifs is 1. The summed E-state index contributed by atoms with van der Waals surface area (Å²) >= 11 is 7.50. The van der Waals surface area contributed by atoms with Gasteiger partial charge in [-0.15, -0.1) is 0 Å². The molecule has 7 nitrogen and oxygen atoms in total. The Hall–Kier alpha value is -1.73. The van der Waals surface area contributed by atoms with Crippen LogP contribution in [-0.4, -0.2) is 24.6 Å². The first-order valence-corrected chi connectivity index (χ1v) is 11.8. The summed E-state index contributed by atoms with van der Waals surface area (Å²) in [7, 11) is 0. The zero-order valence-corrected chi connectivity index (χ0v) is 17.4. The molecule has 27 heavy (non-hydrogen) atoms. The summed E-state index contributed by atoms with van der Waals surface area (Å²) in [6.07, 6.45) is 2.19. The van der Waals surface area contributed by atoms with Crippen molar-refractivity contribution in [3.8, 4) is 5.75 Å². The standard InChI is InChI=1S/C17H21ClN3O4PS/c1-3-9-27-26(23,24-4-2)25-16-10-15(18)13-8-6-5-7-12(13)14(16)11-20-21-17(19)22/h5-8,10-11H,3-4,9H2,1-2H3,(H3,19,21,22). The van der Waals surface area contributed by atoms with Crippen molar-refractivity contribution in [1.29, 1.82) is 0 Å². The molecule has 2 amide bonds. The molecular weight excluding hydrogens is 409 g/mol. The van der Waals surface area contributed by atoms with E-state index in [1.54, 1.807) is 13.0 Å². The van der Waals surface area contributed by atoms with Crippen molar-refractivity contribution >= 4 is 52.8 Å². The lowest BCUT2D eigenvalue weighted by molar-refractivity contribution is 0.249. The summed E-state index contributed by atoms with van der Waals surface area (Å²) in [5.41, 5.74) is 7.68. The van der Waals surface area contributed by atoms with E-state index in [2.05, 4.69) is 10.5 Å². The van der Waals surface area contributed by atoms with E-state index in [1.165, 1.54) is 6.21 Å². The van der Waals surface area contributed by atoms with Crippen molar-refractivity contribution in [2.75, 3.05) is 12.4 Å². The number of rotatable bonds is 9. The summed E-state index contributed by atoms with van der Waals surface area (Å²) in [6.45, 7) is 0.510. The summed E-state index contributed by atoms with van der Waals surface area (Å²) in [4.78, 5) is 10.9. The molecule has 2 aromatic rings. The molecule has 0 aliphatic carbocycles. The number of halogens is 1. The van der Waals surface area contributed by atoms with Gasteiger partial charge in [0.15, 0.2) is 0 Å². The molecule has 2 aromatic carbocycles. The molecular formula is C17H21ClN3O4PS. The second-order valence-electron chi connectivity index (χ2n) is 5.34. The van der Waals surface area contributed by atoms with Gasteiger partial charge in [0.25, 0.3) is 0 Å². The molecule has 0 radical (unpaired) electrons. The first-order chi connectivity index (χ1) is 12.9. The predicted molar refractivity (Wildman–Crippen MR) is 112 cm³/mol.